The van der Waals surface area contributed by atoms with Crippen LogP contribution in [-0.4, -0.2) is 6.04 Å². The summed E-state index contributed by atoms with van der Waals surface area (Å²) in [7, 11) is 0. The number of hydrazine groups is 2. The number of nitrogens with zero attached hydrogens (tertiary/aromatic N) is 1. The molecule has 0 radical (unpaired) electrons. The topological polar surface area (TPSA) is 59.9 Å². The maximum Gasteiger partial charge on any atom is 0.426 e. The van der Waals surface area contributed by atoms with E-state index in [4.69, 9.17) is 5.26 Å². The molecule has 0 spiro atoms. The van der Waals surface area contributed by atoms with E-state index >= 15 is 0 Å². The Morgan fingerprint density at radius 2 is 1.86 bits per heavy atom. The van der Waals surface area contributed by atoms with Crippen molar-refractivity contribution in [3.05, 3.63) is 46.2 Å². The molecule has 0 bridgehead atoms. The van der Waals surface area contributed by atoms with Gasteiger partial charge >= 0.3 is 6.18 Å². The van der Waals surface area contributed by atoms with Crippen LogP contribution >= 0.6 is 11.3 Å². The van der Waals surface area contributed by atoms with Crippen LogP contribution < -0.4 is 16.4 Å². The lowest BCUT2D eigenvalue weighted by Gasteiger charge is -2.08. The molecule has 1 aliphatic heterocycles. The molecular weight excluding hydrogens is 313 g/mol. The van der Waals surface area contributed by atoms with Crippen molar-refractivity contribution in [1.82, 2.24) is 16.4 Å². The Bertz CT molecular complexity index is 705. The van der Waals surface area contributed by atoms with Gasteiger partial charge in [0, 0.05) is 10.4 Å². The first-order chi connectivity index (χ1) is 10.5. The summed E-state index contributed by atoms with van der Waals surface area (Å²) in [6.45, 7) is 0. The number of halogens is 3. The Morgan fingerprint density at radius 1 is 1.14 bits per heavy atom. The Balaban J connectivity index is 2.08. The molecule has 114 valence electrons. The molecule has 1 aromatic carbocycles. The van der Waals surface area contributed by atoms with Gasteiger partial charge in [0.1, 0.15) is 10.9 Å². The molecule has 3 N–H and O–H groups in total. The maximum absolute atomic E-state index is 13.3. The highest BCUT2D eigenvalue weighted by Gasteiger charge is 2.39. The van der Waals surface area contributed by atoms with Crippen LogP contribution in [0.25, 0.3) is 11.1 Å². The monoisotopic (exact) mass is 324 g/mol. The summed E-state index contributed by atoms with van der Waals surface area (Å²) in [4.78, 5) is -0.200. The van der Waals surface area contributed by atoms with E-state index < -0.39 is 23.1 Å². The molecule has 2 heterocycles. The lowest BCUT2D eigenvalue weighted by atomic mass is 10.0. The molecule has 8 heteroatoms. The van der Waals surface area contributed by atoms with Crippen LogP contribution in [0.1, 0.15) is 15.8 Å². The summed E-state index contributed by atoms with van der Waals surface area (Å²) in [6, 6.07) is 10.8. The SMILES string of the molecule is N#CC1NNNC1c1cc(-c2ccccc2)c(C(F)(F)F)s1. The van der Waals surface area contributed by atoms with Gasteiger partial charge in [0.15, 0.2) is 0 Å². The Kier molecular flexibility index (Phi) is 3.88. The fourth-order valence-corrected chi connectivity index (χ4v) is 3.45. The average molecular weight is 324 g/mol. The number of alkyl halides is 3. The second-order valence-electron chi connectivity index (χ2n) is 4.75. The maximum atomic E-state index is 13.3. The van der Waals surface area contributed by atoms with Crippen LogP contribution in [0.4, 0.5) is 13.2 Å². The molecule has 1 aliphatic rings. The number of hydrogen-bond acceptors (Lipinski definition) is 5. The fourth-order valence-electron chi connectivity index (χ4n) is 2.31. The third-order valence-electron chi connectivity index (χ3n) is 3.33. The normalized spacial score (nSPS) is 21.7. The molecule has 1 saturated heterocycles. The standard InChI is InChI=1S/C14H11F3N4S/c15-14(16,17)13-9(8-4-2-1-3-5-8)6-11(22-13)12-10(7-18)19-21-20-12/h1-6,10,12,19-21H. The van der Waals surface area contributed by atoms with Crippen molar-refractivity contribution in [3.63, 3.8) is 0 Å². The highest BCUT2D eigenvalue weighted by atomic mass is 32.1. The number of hydrogen-bond donors (Lipinski definition) is 3. The molecule has 2 atom stereocenters. The summed E-state index contributed by atoms with van der Waals surface area (Å²) < 4.78 is 39.9. The minimum atomic E-state index is -4.43. The zero-order valence-corrected chi connectivity index (χ0v) is 11.9. The Morgan fingerprint density at radius 3 is 2.50 bits per heavy atom. The van der Waals surface area contributed by atoms with E-state index in [1.165, 1.54) is 6.07 Å². The van der Waals surface area contributed by atoms with Gasteiger partial charge in [0.2, 0.25) is 0 Å². The third-order valence-corrected chi connectivity index (χ3v) is 4.59. The predicted octanol–water partition coefficient (Wildman–Crippen LogP) is 2.98. The van der Waals surface area contributed by atoms with Crippen LogP contribution in [0.2, 0.25) is 0 Å². The van der Waals surface area contributed by atoms with Crippen molar-refractivity contribution >= 4 is 11.3 Å². The van der Waals surface area contributed by atoms with Gasteiger partial charge < -0.3 is 0 Å². The second kappa shape index (κ2) is 5.70. The highest BCUT2D eigenvalue weighted by molar-refractivity contribution is 7.12. The van der Waals surface area contributed by atoms with Crippen LogP contribution in [0.15, 0.2) is 36.4 Å². The van der Waals surface area contributed by atoms with Gasteiger partial charge in [-0.25, -0.2) is 10.9 Å². The zero-order valence-electron chi connectivity index (χ0n) is 11.1. The van der Waals surface area contributed by atoms with E-state index in [0.29, 0.717) is 21.8 Å². The van der Waals surface area contributed by atoms with Crippen LogP contribution in [0.3, 0.4) is 0 Å². The third kappa shape index (κ3) is 2.71. The summed E-state index contributed by atoms with van der Waals surface area (Å²) in [5.41, 5.74) is 8.67. The van der Waals surface area contributed by atoms with Gasteiger partial charge in [-0.1, -0.05) is 30.3 Å². The average Bonchev–Trinajstić information content (AvgIpc) is 3.13. The van der Waals surface area contributed by atoms with Crippen molar-refractivity contribution in [1.29, 1.82) is 5.26 Å². The van der Waals surface area contributed by atoms with Crippen LogP contribution in [0.5, 0.6) is 0 Å². The summed E-state index contributed by atoms with van der Waals surface area (Å²) in [5.74, 6) is 0. The predicted molar refractivity (Wildman–Crippen MR) is 76.3 cm³/mol. The summed E-state index contributed by atoms with van der Waals surface area (Å²) in [5, 5.41) is 9.04. The van der Waals surface area contributed by atoms with Gasteiger partial charge in [-0.05, 0) is 11.6 Å². The zero-order chi connectivity index (χ0) is 15.7. The van der Waals surface area contributed by atoms with Crippen LogP contribution in [0, 0.1) is 11.3 Å². The van der Waals surface area contributed by atoms with Crippen molar-refractivity contribution in [2.45, 2.75) is 18.3 Å². The Labute approximate surface area is 128 Å². The number of nitrogens with one attached hydrogen (secondary N) is 3. The molecule has 0 amide bonds. The summed E-state index contributed by atoms with van der Waals surface area (Å²) in [6.07, 6.45) is -4.43. The van der Waals surface area contributed by atoms with Crippen molar-refractivity contribution in [2.24, 2.45) is 0 Å². The summed E-state index contributed by atoms with van der Waals surface area (Å²) >= 11 is 0.659. The van der Waals surface area contributed by atoms with Gasteiger partial charge in [-0.15, -0.1) is 11.3 Å². The molecule has 3 rings (SSSR count). The lowest BCUT2D eigenvalue weighted by molar-refractivity contribution is -0.133. The van der Waals surface area contributed by atoms with Gasteiger partial charge in [-0.3, -0.25) is 0 Å². The number of nitriles is 1. The minimum Gasteiger partial charge on any atom is -0.233 e. The highest BCUT2D eigenvalue weighted by Crippen LogP contribution is 2.44. The molecule has 4 nitrogen and oxygen atoms in total. The number of benzene rings is 1. The molecular formula is C14H11F3N4S. The van der Waals surface area contributed by atoms with Crippen molar-refractivity contribution in [3.8, 4) is 17.2 Å². The van der Waals surface area contributed by atoms with E-state index in [9.17, 15) is 13.2 Å². The Hall–Kier alpha value is -1.92. The molecule has 1 aromatic heterocycles. The number of thiophene rings is 1. The van der Waals surface area contributed by atoms with Crippen LogP contribution in [-0.2, 0) is 6.18 Å². The lowest BCUT2D eigenvalue weighted by Crippen LogP contribution is -2.32. The minimum absolute atomic E-state index is 0.137. The molecule has 1 fully saturated rings. The molecule has 0 aliphatic carbocycles. The van der Waals surface area contributed by atoms with E-state index in [2.05, 4.69) is 16.4 Å². The first-order valence-corrected chi connectivity index (χ1v) is 7.24. The molecule has 0 saturated carbocycles. The quantitative estimate of drug-likeness (QED) is 0.795. The number of rotatable bonds is 2. The van der Waals surface area contributed by atoms with E-state index in [-0.39, 0.29) is 5.56 Å². The fraction of sp³-hybridized carbons (Fsp3) is 0.214. The van der Waals surface area contributed by atoms with Crippen molar-refractivity contribution in [2.75, 3.05) is 0 Å². The van der Waals surface area contributed by atoms with Crippen molar-refractivity contribution < 1.29 is 13.2 Å². The van der Waals surface area contributed by atoms with E-state index in [1.54, 1.807) is 30.3 Å². The van der Waals surface area contributed by atoms with Gasteiger partial charge in [0.05, 0.1) is 12.1 Å². The second-order valence-corrected chi connectivity index (χ2v) is 5.84. The van der Waals surface area contributed by atoms with Gasteiger partial charge in [0.25, 0.3) is 0 Å². The smallest absolute Gasteiger partial charge is 0.233 e. The largest absolute Gasteiger partial charge is 0.426 e. The first-order valence-electron chi connectivity index (χ1n) is 6.42. The molecule has 2 aromatic rings. The molecule has 22 heavy (non-hydrogen) atoms. The van der Waals surface area contributed by atoms with E-state index in [1.807, 2.05) is 6.07 Å². The first kappa shape index (κ1) is 15.0. The van der Waals surface area contributed by atoms with E-state index in [0.717, 1.165) is 0 Å². The molecule has 2 unspecified atom stereocenters. The van der Waals surface area contributed by atoms with Gasteiger partial charge in [-0.2, -0.15) is 24.0 Å².